The maximum absolute atomic E-state index is 9.64. The summed E-state index contributed by atoms with van der Waals surface area (Å²) in [5, 5.41) is 24.9. The van der Waals surface area contributed by atoms with Crippen LogP contribution in [-0.4, -0.2) is 44.0 Å². The second-order valence-corrected chi connectivity index (χ2v) is 4.99. The lowest BCUT2D eigenvalue weighted by Gasteiger charge is -2.26. The molecular weight excluding hydrogens is 242 g/mol. The number of hydrogen-bond acceptors (Lipinski definition) is 5. The van der Waals surface area contributed by atoms with E-state index >= 15 is 0 Å². The Morgan fingerprint density at radius 2 is 2.16 bits per heavy atom. The third kappa shape index (κ3) is 2.36. The molecule has 0 radical (unpaired) electrons. The monoisotopic (exact) mass is 259 g/mol. The molecule has 1 aromatic carbocycles. The lowest BCUT2D eigenvalue weighted by Crippen LogP contribution is -2.46. The molecule has 2 N–H and O–H groups in total. The van der Waals surface area contributed by atoms with Crippen LogP contribution < -0.4 is 5.32 Å². The van der Waals surface area contributed by atoms with Crippen LogP contribution in [0, 0.1) is 0 Å². The quantitative estimate of drug-likeness (QED) is 0.827. The Morgan fingerprint density at radius 1 is 1.32 bits per heavy atom. The van der Waals surface area contributed by atoms with Crippen LogP contribution in [-0.2, 0) is 6.42 Å². The van der Waals surface area contributed by atoms with Crippen LogP contribution >= 0.6 is 0 Å². The van der Waals surface area contributed by atoms with Gasteiger partial charge in [-0.25, -0.2) is 0 Å². The predicted octanol–water partition coefficient (Wildman–Crippen LogP) is 0.319. The molecule has 1 aliphatic heterocycles. The fraction of sp³-hybridized carbons (Fsp3) is 0.462. The minimum absolute atomic E-state index is 0.106. The number of aliphatic hydroxyl groups excluding tert-OH is 1. The van der Waals surface area contributed by atoms with Gasteiger partial charge in [-0.2, -0.15) is 4.68 Å². The van der Waals surface area contributed by atoms with E-state index in [1.807, 2.05) is 30.3 Å². The Bertz CT molecular complexity index is 533. The summed E-state index contributed by atoms with van der Waals surface area (Å²) >= 11 is 0. The highest BCUT2D eigenvalue weighted by molar-refractivity contribution is 5.30. The van der Waals surface area contributed by atoms with E-state index in [1.165, 1.54) is 0 Å². The highest BCUT2D eigenvalue weighted by Crippen LogP contribution is 2.23. The van der Waals surface area contributed by atoms with Gasteiger partial charge in [0.2, 0.25) is 0 Å². The Hall–Kier alpha value is -1.79. The van der Waals surface area contributed by atoms with Gasteiger partial charge >= 0.3 is 0 Å². The van der Waals surface area contributed by atoms with Crippen molar-refractivity contribution in [1.29, 1.82) is 0 Å². The Balaban J connectivity index is 1.88. The van der Waals surface area contributed by atoms with Gasteiger partial charge in [0.15, 0.2) is 5.82 Å². The number of hydrogen-bond donors (Lipinski definition) is 2. The number of benzene rings is 1. The van der Waals surface area contributed by atoms with Crippen molar-refractivity contribution in [2.75, 3.05) is 13.2 Å². The molecule has 19 heavy (non-hydrogen) atoms. The molecule has 0 spiro atoms. The van der Waals surface area contributed by atoms with Crippen LogP contribution in [0.15, 0.2) is 30.3 Å². The van der Waals surface area contributed by atoms with Gasteiger partial charge in [0.1, 0.15) is 0 Å². The molecule has 2 heterocycles. The van der Waals surface area contributed by atoms with Gasteiger partial charge in [0.05, 0.1) is 12.3 Å². The largest absolute Gasteiger partial charge is 0.394 e. The zero-order chi connectivity index (χ0) is 13.1. The van der Waals surface area contributed by atoms with E-state index in [0.717, 1.165) is 30.9 Å². The fourth-order valence-corrected chi connectivity index (χ4v) is 2.60. The number of aliphatic hydroxyl groups is 1. The van der Waals surface area contributed by atoms with E-state index < -0.39 is 0 Å². The van der Waals surface area contributed by atoms with Crippen molar-refractivity contribution < 1.29 is 5.11 Å². The van der Waals surface area contributed by atoms with Gasteiger partial charge < -0.3 is 10.4 Å². The van der Waals surface area contributed by atoms with Crippen LogP contribution in [0.25, 0.3) is 5.69 Å². The van der Waals surface area contributed by atoms with E-state index in [-0.39, 0.29) is 12.1 Å². The normalized spacial score (nSPS) is 22.8. The SMILES string of the molecule is OCC1(Cc2nnnn2-c2ccccc2)CCCN1. The highest BCUT2D eigenvalue weighted by Gasteiger charge is 2.34. The zero-order valence-corrected chi connectivity index (χ0v) is 10.7. The number of nitrogens with one attached hydrogen (secondary N) is 1. The predicted molar refractivity (Wildman–Crippen MR) is 69.9 cm³/mol. The van der Waals surface area contributed by atoms with E-state index in [1.54, 1.807) is 4.68 Å². The summed E-state index contributed by atoms with van der Waals surface area (Å²) in [5.74, 6) is 0.773. The standard InChI is InChI=1S/C13H17N5O/c19-10-13(7-4-8-14-13)9-12-15-16-17-18(12)11-5-2-1-3-6-11/h1-3,5-6,14,19H,4,7-10H2. The molecule has 1 fully saturated rings. The molecule has 0 bridgehead atoms. The van der Waals surface area contributed by atoms with Crippen LogP contribution in [0.1, 0.15) is 18.7 Å². The summed E-state index contributed by atoms with van der Waals surface area (Å²) in [5.41, 5.74) is 0.662. The van der Waals surface area contributed by atoms with Crippen molar-refractivity contribution >= 4 is 0 Å². The number of rotatable bonds is 4. The molecule has 6 heteroatoms. The first-order chi connectivity index (χ1) is 9.33. The first-order valence-electron chi connectivity index (χ1n) is 6.52. The van der Waals surface area contributed by atoms with E-state index in [2.05, 4.69) is 20.8 Å². The third-order valence-electron chi connectivity index (χ3n) is 3.67. The Labute approximate surface area is 111 Å². The van der Waals surface area contributed by atoms with E-state index in [0.29, 0.717) is 6.42 Å². The Kier molecular flexibility index (Phi) is 3.27. The van der Waals surface area contributed by atoms with Crippen LogP contribution in [0.3, 0.4) is 0 Å². The van der Waals surface area contributed by atoms with Gasteiger partial charge in [0, 0.05) is 12.0 Å². The molecule has 0 saturated carbocycles. The van der Waals surface area contributed by atoms with Crippen molar-refractivity contribution in [3.8, 4) is 5.69 Å². The zero-order valence-electron chi connectivity index (χ0n) is 10.7. The van der Waals surface area contributed by atoms with Crippen molar-refractivity contribution in [2.24, 2.45) is 0 Å². The van der Waals surface area contributed by atoms with Crippen LogP contribution in [0.4, 0.5) is 0 Å². The molecule has 6 nitrogen and oxygen atoms in total. The number of aromatic nitrogens is 4. The topological polar surface area (TPSA) is 75.9 Å². The summed E-state index contributed by atoms with van der Waals surface area (Å²) in [7, 11) is 0. The second-order valence-electron chi connectivity index (χ2n) is 4.99. The first-order valence-corrected chi connectivity index (χ1v) is 6.52. The molecule has 1 saturated heterocycles. The molecule has 1 atom stereocenters. The number of nitrogens with zero attached hydrogens (tertiary/aromatic N) is 4. The van der Waals surface area contributed by atoms with Gasteiger partial charge in [0.25, 0.3) is 0 Å². The van der Waals surface area contributed by atoms with Gasteiger partial charge in [-0.05, 0) is 41.9 Å². The molecule has 1 aromatic heterocycles. The fourth-order valence-electron chi connectivity index (χ4n) is 2.60. The van der Waals surface area contributed by atoms with Gasteiger partial charge in [-0.3, -0.25) is 0 Å². The molecule has 0 aliphatic carbocycles. The van der Waals surface area contributed by atoms with Gasteiger partial charge in [-0.1, -0.05) is 18.2 Å². The molecule has 3 rings (SSSR count). The lowest BCUT2D eigenvalue weighted by atomic mass is 9.94. The van der Waals surface area contributed by atoms with Gasteiger partial charge in [-0.15, -0.1) is 5.10 Å². The summed E-state index contributed by atoms with van der Waals surface area (Å²) in [6.45, 7) is 1.04. The average Bonchev–Trinajstić information content (AvgIpc) is 3.10. The molecule has 100 valence electrons. The highest BCUT2D eigenvalue weighted by atomic mass is 16.3. The second kappa shape index (κ2) is 5.07. The average molecular weight is 259 g/mol. The third-order valence-corrected chi connectivity index (χ3v) is 3.67. The first kappa shape index (κ1) is 12.3. The van der Waals surface area contributed by atoms with Crippen LogP contribution in [0.2, 0.25) is 0 Å². The van der Waals surface area contributed by atoms with Crippen molar-refractivity contribution in [1.82, 2.24) is 25.5 Å². The molecule has 2 aromatic rings. The minimum atomic E-state index is -0.277. The molecule has 1 unspecified atom stereocenters. The Morgan fingerprint density at radius 3 is 2.84 bits per heavy atom. The van der Waals surface area contributed by atoms with Crippen molar-refractivity contribution in [3.05, 3.63) is 36.2 Å². The van der Waals surface area contributed by atoms with E-state index in [4.69, 9.17) is 0 Å². The maximum Gasteiger partial charge on any atom is 0.158 e. The molecular formula is C13H17N5O. The molecule has 1 aliphatic rings. The molecule has 0 amide bonds. The van der Waals surface area contributed by atoms with Crippen molar-refractivity contribution in [3.63, 3.8) is 0 Å². The minimum Gasteiger partial charge on any atom is -0.394 e. The lowest BCUT2D eigenvalue weighted by molar-refractivity contribution is 0.174. The van der Waals surface area contributed by atoms with Crippen LogP contribution in [0.5, 0.6) is 0 Å². The maximum atomic E-state index is 9.64. The summed E-state index contributed by atoms with van der Waals surface area (Å²) in [6, 6.07) is 9.80. The smallest absolute Gasteiger partial charge is 0.158 e. The number of tetrazole rings is 1. The summed E-state index contributed by atoms with van der Waals surface area (Å²) < 4.78 is 1.73. The van der Waals surface area contributed by atoms with E-state index in [9.17, 15) is 5.11 Å². The summed E-state index contributed by atoms with van der Waals surface area (Å²) in [6.07, 6.45) is 2.66. The number of para-hydroxylation sites is 1. The van der Waals surface area contributed by atoms with Crippen molar-refractivity contribution in [2.45, 2.75) is 24.8 Å². The summed E-state index contributed by atoms with van der Waals surface area (Å²) in [4.78, 5) is 0.